The van der Waals surface area contributed by atoms with Crippen molar-refractivity contribution in [1.82, 2.24) is 0 Å². The van der Waals surface area contributed by atoms with Crippen LogP contribution in [0.5, 0.6) is 0 Å². The molecule has 0 aromatic carbocycles. The van der Waals surface area contributed by atoms with Gasteiger partial charge in [0.05, 0.1) is 12.2 Å². The molecule has 0 unspecified atom stereocenters. The van der Waals surface area contributed by atoms with Crippen LogP contribution in [0.1, 0.15) is 12.8 Å². The third kappa shape index (κ3) is 0.679. The molecule has 2 saturated carbocycles. The summed E-state index contributed by atoms with van der Waals surface area (Å²) in [5.41, 5.74) is 0. The maximum Gasteiger partial charge on any atom is 0.0601 e. The Kier molecular flexibility index (Phi) is 1.25. The van der Waals surface area contributed by atoms with E-state index in [0.29, 0.717) is 17.8 Å². The third-order valence-corrected chi connectivity index (χ3v) is 3.95. The van der Waals surface area contributed by atoms with Gasteiger partial charge < -0.3 is 10.2 Å². The van der Waals surface area contributed by atoms with Gasteiger partial charge in [-0.25, -0.2) is 0 Å². The van der Waals surface area contributed by atoms with Crippen molar-refractivity contribution in [1.29, 1.82) is 0 Å². The normalized spacial score (nSPS) is 61.2. The Morgan fingerprint density at radius 3 is 1.83 bits per heavy atom. The second-order valence-corrected chi connectivity index (χ2v) is 4.47. The molecule has 0 spiro atoms. The van der Waals surface area contributed by atoms with E-state index in [9.17, 15) is 10.2 Å². The van der Waals surface area contributed by atoms with Crippen LogP contribution in [-0.4, -0.2) is 22.4 Å². The standard InChI is InChI=1S/C10H14O2/c11-7-3-5-1-2-6-4-8(12)10(7)9(5)6/h1-2,5-12H,3-4H2/t5-,6-,7+,8+,9?,10?/m0/s1. The van der Waals surface area contributed by atoms with Gasteiger partial charge in [-0.2, -0.15) is 0 Å². The zero-order valence-electron chi connectivity index (χ0n) is 6.93. The number of hydrogen-bond donors (Lipinski definition) is 2. The van der Waals surface area contributed by atoms with Gasteiger partial charge in [0, 0.05) is 5.92 Å². The maximum absolute atomic E-state index is 9.70. The number of aliphatic hydroxyl groups excluding tert-OH is 2. The van der Waals surface area contributed by atoms with Crippen LogP contribution in [0.2, 0.25) is 0 Å². The van der Waals surface area contributed by atoms with E-state index in [1.165, 1.54) is 0 Å². The smallest absolute Gasteiger partial charge is 0.0601 e. The summed E-state index contributed by atoms with van der Waals surface area (Å²) < 4.78 is 0. The van der Waals surface area contributed by atoms with Crippen LogP contribution in [0.15, 0.2) is 12.2 Å². The molecule has 2 nitrogen and oxygen atoms in total. The van der Waals surface area contributed by atoms with Crippen LogP contribution >= 0.6 is 0 Å². The lowest BCUT2D eigenvalue weighted by atomic mass is 9.91. The summed E-state index contributed by atoms with van der Waals surface area (Å²) in [4.78, 5) is 0. The van der Waals surface area contributed by atoms with Crippen molar-refractivity contribution in [2.24, 2.45) is 23.7 Å². The van der Waals surface area contributed by atoms with Crippen LogP contribution < -0.4 is 0 Å². The fourth-order valence-electron chi connectivity index (χ4n) is 3.54. The Morgan fingerprint density at radius 1 is 0.833 bits per heavy atom. The average Bonchev–Trinajstić information content (AvgIpc) is 2.57. The first-order valence-corrected chi connectivity index (χ1v) is 4.82. The van der Waals surface area contributed by atoms with E-state index in [1.807, 2.05) is 0 Å². The molecule has 4 atom stereocenters. The Balaban J connectivity index is 1.99. The molecule has 66 valence electrons. The van der Waals surface area contributed by atoms with E-state index in [1.54, 1.807) is 0 Å². The fourth-order valence-corrected chi connectivity index (χ4v) is 3.54. The molecule has 2 N–H and O–H groups in total. The lowest BCUT2D eigenvalue weighted by molar-refractivity contribution is 0.0401. The molecule has 3 aliphatic rings. The van der Waals surface area contributed by atoms with Gasteiger partial charge in [0.1, 0.15) is 0 Å². The minimum Gasteiger partial charge on any atom is -0.393 e. The first-order chi connectivity index (χ1) is 5.77. The van der Waals surface area contributed by atoms with Crippen molar-refractivity contribution in [3.05, 3.63) is 12.2 Å². The molecule has 0 amide bonds. The quantitative estimate of drug-likeness (QED) is 0.516. The average molecular weight is 166 g/mol. The van der Waals surface area contributed by atoms with Crippen LogP contribution in [-0.2, 0) is 0 Å². The zero-order valence-corrected chi connectivity index (χ0v) is 6.93. The summed E-state index contributed by atoms with van der Waals surface area (Å²) in [7, 11) is 0. The Bertz CT molecular complexity index is 214. The predicted molar refractivity (Wildman–Crippen MR) is 44.3 cm³/mol. The molecule has 0 radical (unpaired) electrons. The molecule has 0 saturated heterocycles. The van der Waals surface area contributed by atoms with Gasteiger partial charge in [-0.3, -0.25) is 0 Å². The summed E-state index contributed by atoms with van der Waals surface area (Å²) in [5, 5.41) is 19.4. The molecule has 0 heterocycles. The van der Waals surface area contributed by atoms with Crippen molar-refractivity contribution in [2.75, 3.05) is 0 Å². The SMILES string of the molecule is O[C@@H]1C[C@@H]2C=C[C@H]3C[C@@H](O)C1C23. The van der Waals surface area contributed by atoms with E-state index in [2.05, 4.69) is 12.2 Å². The van der Waals surface area contributed by atoms with E-state index < -0.39 is 0 Å². The number of allylic oxidation sites excluding steroid dienone is 2. The van der Waals surface area contributed by atoms with Gasteiger partial charge in [0.2, 0.25) is 0 Å². The molecule has 0 aromatic heterocycles. The highest BCUT2D eigenvalue weighted by Crippen LogP contribution is 2.55. The molecule has 0 bridgehead atoms. The third-order valence-electron chi connectivity index (χ3n) is 3.95. The molecular formula is C10H14O2. The summed E-state index contributed by atoms with van der Waals surface area (Å²) >= 11 is 0. The van der Waals surface area contributed by atoms with E-state index in [4.69, 9.17) is 0 Å². The molecular weight excluding hydrogens is 152 g/mol. The number of aliphatic hydroxyl groups is 2. The summed E-state index contributed by atoms with van der Waals surface area (Å²) in [5.74, 6) is 1.87. The minimum absolute atomic E-state index is 0.176. The Morgan fingerprint density at radius 2 is 1.33 bits per heavy atom. The zero-order chi connectivity index (χ0) is 8.29. The Hall–Kier alpha value is -0.340. The van der Waals surface area contributed by atoms with Crippen molar-refractivity contribution in [3.63, 3.8) is 0 Å². The first-order valence-electron chi connectivity index (χ1n) is 4.82. The van der Waals surface area contributed by atoms with E-state index in [0.717, 1.165) is 12.8 Å². The van der Waals surface area contributed by atoms with Crippen molar-refractivity contribution < 1.29 is 10.2 Å². The van der Waals surface area contributed by atoms with Gasteiger partial charge in [0.15, 0.2) is 0 Å². The molecule has 12 heavy (non-hydrogen) atoms. The van der Waals surface area contributed by atoms with Crippen molar-refractivity contribution in [2.45, 2.75) is 25.0 Å². The molecule has 3 rings (SSSR count). The molecule has 0 aromatic rings. The van der Waals surface area contributed by atoms with E-state index in [-0.39, 0.29) is 18.1 Å². The number of rotatable bonds is 0. The first kappa shape index (κ1) is 7.10. The van der Waals surface area contributed by atoms with Gasteiger partial charge >= 0.3 is 0 Å². The second-order valence-electron chi connectivity index (χ2n) is 4.47. The number of hydrogen-bond acceptors (Lipinski definition) is 2. The maximum atomic E-state index is 9.70. The van der Waals surface area contributed by atoms with Gasteiger partial charge in [-0.15, -0.1) is 0 Å². The summed E-state index contributed by atoms with van der Waals surface area (Å²) in [6, 6.07) is 0. The monoisotopic (exact) mass is 166 g/mol. The molecule has 2 fully saturated rings. The molecule has 0 aliphatic heterocycles. The van der Waals surface area contributed by atoms with Crippen LogP contribution in [0, 0.1) is 23.7 Å². The van der Waals surface area contributed by atoms with Gasteiger partial charge in [-0.1, -0.05) is 12.2 Å². The van der Waals surface area contributed by atoms with E-state index >= 15 is 0 Å². The highest BCUT2D eigenvalue weighted by Gasteiger charge is 2.54. The lowest BCUT2D eigenvalue weighted by Crippen LogP contribution is -2.25. The highest BCUT2D eigenvalue weighted by molar-refractivity contribution is 5.18. The predicted octanol–water partition coefficient (Wildman–Crippen LogP) is 0.550. The highest BCUT2D eigenvalue weighted by atomic mass is 16.3. The van der Waals surface area contributed by atoms with Gasteiger partial charge in [0.25, 0.3) is 0 Å². The van der Waals surface area contributed by atoms with Crippen molar-refractivity contribution in [3.8, 4) is 0 Å². The second kappa shape index (κ2) is 2.12. The van der Waals surface area contributed by atoms with Gasteiger partial charge in [-0.05, 0) is 30.6 Å². The van der Waals surface area contributed by atoms with Crippen LogP contribution in [0.4, 0.5) is 0 Å². The summed E-state index contributed by atoms with van der Waals surface area (Å²) in [6.45, 7) is 0. The molecule has 3 aliphatic carbocycles. The summed E-state index contributed by atoms with van der Waals surface area (Å²) in [6.07, 6.45) is 5.74. The lowest BCUT2D eigenvalue weighted by Gasteiger charge is -2.17. The Labute approximate surface area is 71.9 Å². The molecule has 2 heteroatoms. The largest absolute Gasteiger partial charge is 0.393 e. The minimum atomic E-state index is -0.245. The van der Waals surface area contributed by atoms with Crippen molar-refractivity contribution >= 4 is 0 Å². The van der Waals surface area contributed by atoms with Crippen LogP contribution in [0.3, 0.4) is 0 Å². The topological polar surface area (TPSA) is 40.5 Å². The van der Waals surface area contributed by atoms with Crippen LogP contribution in [0.25, 0.3) is 0 Å². The fraction of sp³-hybridized carbons (Fsp3) is 0.800.